The monoisotopic (exact) mass is 270 g/mol. The minimum atomic E-state index is -0.326. The largest absolute Gasteiger partial charge is 0.393 e. The molecule has 0 aromatic heterocycles. The maximum Gasteiger partial charge on any atom is 0.243 e. The van der Waals surface area contributed by atoms with E-state index in [0.29, 0.717) is 25.0 Å². The van der Waals surface area contributed by atoms with Crippen molar-refractivity contribution < 1.29 is 14.7 Å². The minimum Gasteiger partial charge on any atom is -0.393 e. The van der Waals surface area contributed by atoms with E-state index in [9.17, 15) is 14.7 Å². The molecular weight excluding hydrogens is 252 g/mol. The van der Waals surface area contributed by atoms with Gasteiger partial charge in [-0.2, -0.15) is 0 Å². The van der Waals surface area contributed by atoms with E-state index in [1.165, 1.54) is 0 Å². The summed E-state index contributed by atoms with van der Waals surface area (Å²) in [5.74, 6) is 0.721. The summed E-state index contributed by atoms with van der Waals surface area (Å²) in [4.78, 5) is 25.7. The molecule has 3 rings (SSSR count). The zero-order chi connectivity index (χ0) is 12.9. The van der Waals surface area contributed by atoms with Gasteiger partial charge in [0.1, 0.15) is 6.04 Å². The van der Waals surface area contributed by atoms with Gasteiger partial charge in [0.05, 0.1) is 11.0 Å². The van der Waals surface area contributed by atoms with E-state index in [1.54, 1.807) is 16.7 Å². The second-order valence-corrected chi connectivity index (χ2v) is 7.10. The van der Waals surface area contributed by atoms with Gasteiger partial charge in [0.15, 0.2) is 0 Å². The lowest BCUT2D eigenvalue weighted by Crippen LogP contribution is -2.55. The second kappa shape index (κ2) is 4.13. The molecule has 0 bridgehead atoms. The third-order valence-corrected chi connectivity index (χ3v) is 5.71. The highest BCUT2D eigenvalue weighted by molar-refractivity contribution is 8.01. The summed E-state index contributed by atoms with van der Waals surface area (Å²) in [7, 11) is 0. The van der Waals surface area contributed by atoms with Gasteiger partial charge in [-0.15, -0.1) is 11.8 Å². The zero-order valence-corrected chi connectivity index (χ0v) is 11.2. The van der Waals surface area contributed by atoms with Crippen LogP contribution in [-0.2, 0) is 9.59 Å². The molecule has 18 heavy (non-hydrogen) atoms. The standard InChI is InChI=1S/C12H18N2O3S/c1-12-3-2-10(16)14(12)9(6-18-12)11(17)13-7-4-8(15)5-7/h7-9,15H,2-6H2,1H3,(H,13,17). The predicted octanol–water partition coefficient (Wildman–Crippen LogP) is 0.0799. The van der Waals surface area contributed by atoms with Crippen LogP contribution >= 0.6 is 11.8 Å². The molecule has 2 heterocycles. The lowest BCUT2D eigenvalue weighted by atomic mass is 9.89. The van der Waals surface area contributed by atoms with Crippen LogP contribution in [0.2, 0.25) is 0 Å². The number of carbonyl (C=O) groups excluding carboxylic acids is 2. The van der Waals surface area contributed by atoms with Crippen LogP contribution < -0.4 is 5.32 Å². The Kier molecular flexibility index (Phi) is 2.82. The van der Waals surface area contributed by atoms with Gasteiger partial charge in [0.2, 0.25) is 11.8 Å². The van der Waals surface area contributed by atoms with E-state index < -0.39 is 0 Å². The first kappa shape index (κ1) is 12.3. The minimum absolute atomic E-state index is 0.0571. The van der Waals surface area contributed by atoms with E-state index in [4.69, 9.17) is 0 Å². The van der Waals surface area contributed by atoms with Crippen LogP contribution in [0.1, 0.15) is 32.6 Å². The molecule has 3 aliphatic rings. The predicted molar refractivity (Wildman–Crippen MR) is 67.9 cm³/mol. The van der Waals surface area contributed by atoms with Crippen LogP contribution in [0.5, 0.6) is 0 Å². The number of thioether (sulfide) groups is 1. The fourth-order valence-electron chi connectivity index (χ4n) is 3.02. The number of hydrogen-bond acceptors (Lipinski definition) is 4. The molecule has 1 saturated carbocycles. The van der Waals surface area contributed by atoms with Gasteiger partial charge >= 0.3 is 0 Å². The van der Waals surface area contributed by atoms with Crippen LogP contribution in [0.25, 0.3) is 0 Å². The SMILES string of the molecule is CC12CCC(=O)N1C(C(=O)NC1CC(O)C1)CS2. The summed E-state index contributed by atoms with van der Waals surface area (Å²) in [5, 5.41) is 12.1. The summed E-state index contributed by atoms with van der Waals surface area (Å²) in [6, 6.07) is -0.241. The number of aliphatic hydroxyl groups excluding tert-OH is 1. The maximum absolute atomic E-state index is 12.2. The molecule has 2 saturated heterocycles. The van der Waals surface area contributed by atoms with Crippen LogP contribution in [0.15, 0.2) is 0 Å². The molecule has 0 radical (unpaired) electrons. The first-order valence-corrected chi connectivity index (χ1v) is 7.43. The van der Waals surface area contributed by atoms with E-state index in [2.05, 4.69) is 5.32 Å². The van der Waals surface area contributed by atoms with Gasteiger partial charge in [-0.25, -0.2) is 0 Å². The van der Waals surface area contributed by atoms with Crippen molar-refractivity contribution in [1.82, 2.24) is 10.2 Å². The number of nitrogens with zero attached hydrogens (tertiary/aromatic N) is 1. The molecule has 5 nitrogen and oxygen atoms in total. The topological polar surface area (TPSA) is 69.6 Å². The van der Waals surface area contributed by atoms with Crippen LogP contribution in [0.3, 0.4) is 0 Å². The van der Waals surface area contributed by atoms with Gasteiger partial charge in [-0.1, -0.05) is 0 Å². The van der Waals surface area contributed by atoms with Gasteiger partial charge in [0, 0.05) is 18.2 Å². The van der Waals surface area contributed by atoms with E-state index in [1.807, 2.05) is 6.92 Å². The van der Waals surface area contributed by atoms with Crippen LogP contribution in [0.4, 0.5) is 0 Å². The summed E-state index contributed by atoms with van der Waals surface area (Å²) >= 11 is 1.70. The maximum atomic E-state index is 12.2. The van der Waals surface area contributed by atoms with Gasteiger partial charge in [-0.05, 0) is 26.2 Å². The Hall–Kier alpha value is -0.750. The molecule has 6 heteroatoms. The third-order valence-electron chi connectivity index (χ3n) is 4.21. The fourth-order valence-corrected chi connectivity index (χ4v) is 4.45. The molecule has 2 unspecified atom stereocenters. The average Bonchev–Trinajstić information content (AvgIpc) is 2.75. The van der Waals surface area contributed by atoms with Crippen LogP contribution in [-0.4, -0.2) is 50.6 Å². The van der Waals surface area contributed by atoms with Crippen molar-refractivity contribution in [2.24, 2.45) is 0 Å². The number of aliphatic hydroxyl groups is 1. The Labute approximate surface area is 110 Å². The highest BCUT2D eigenvalue weighted by atomic mass is 32.2. The number of hydrogen-bond donors (Lipinski definition) is 2. The van der Waals surface area contributed by atoms with Crippen molar-refractivity contribution >= 4 is 23.6 Å². The first-order chi connectivity index (χ1) is 8.49. The summed E-state index contributed by atoms with van der Waals surface area (Å²) in [6.07, 6.45) is 2.39. The van der Waals surface area contributed by atoms with Gasteiger partial charge in [0.25, 0.3) is 0 Å². The van der Waals surface area contributed by atoms with Crippen molar-refractivity contribution in [3.05, 3.63) is 0 Å². The molecule has 2 N–H and O–H groups in total. The van der Waals surface area contributed by atoms with Gasteiger partial charge < -0.3 is 15.3 Å². The second-order valence-electron chi connectivity index (χ2n) is 5.60. The Morgan fingerprint density at radius 2 is 2.28 bits per heavy atom. The summed E-state index contributed by atoms with van der Waals surface area (Å²) < 4.78 is 0. The molecular formula is C12H18N2O3S. The molecule has 3 fully saturated rings. The lowest BCUT2D eigenvalue weighted by Gasteiger charge is -2.35. The highest BCUT2D eigenvalue weighted by Crippen LogP contribution is 2.47. The van der Waals surface area contributed by atoms with Crippen molar-refractivity contribution in [3.8, 4) is 0 Å². The Balaban J connectivity index is 1.66. The summed E-state index contributed by atoms with van der Waals surface area (Å²) in [5.41, 5.74) is 0. The smallest absolute Gasteiger partial charge is 0.243 e. The van der Waals surface area contributed by atoms with Crippen molar-refractivity contribution in [2.75, 3.05) is 5.75 Å². The van der Waals surface area contributed by atoms with Gasteiger partial charge in [-0.3, -0.25) is 9.59 Å². The Bertz CT molecular complexity index is 397. The average molecular weight is 270 g/mol. The quantitative estimate of drug-likeness (QED) is 0.745. The van der Waals surface area contributed by atoms with E-state index in [0.717, 1.165) is 6.42 Å². The van der Waals surface area contributed by atoms with Crippen molar-refractivity contribution in [2.45, 2.75) is 55.7 Å². The molecule has 0 aromatic rings. The number of carbonyl (C=O) groups is 2. The fraction of sp³-hybridized carbons (Fsp3) is 0.833. The van der Waals surface area contributed by atoms with Crippen molar-refractivity contribution in [3.63, 3.8) is 0 Å². The third kappa shape index (κ3) is 1.82. The molecule has 2 amide bonds. The molecule has 2 aliphatic heterocycles. The lowest BCUT2D eigenvalue weighted by molar-refractivity contribution is -0.138. The number of amides is 2. The number of rotatable bonds is 2. The number of nitrogens with one attached hydrogen (secondary N) is 1. The Morgan fingerprint density at radius 3 is 2.94 bits per heavy atom. The molecule has 2 atom stereocenters. The molecule has 100 valence electrons. The van der Waals surface area contributed by atoms with E-state index >= 15 is 0 Å². The Morgan fingerprint density at radius 1 is 1.56 bits per heavy atom. The zero-order valence-electron chi connectivity index (χ0n) is 10.4. The molecule has 0 spiro atoms. The number of fused-ring (bicyclic) bond motifs is 1. The highest BCUT2D eigenvalue weighted by Gasteiger charge is 2.53. The summed E-state index contributed by atoms with van der Waals surface area (Å²) in [6.45, 7) is 2.04. The molecule has 0 aromatic carbocycles. The van der Waals surface area contributed by atoms with E-state index in [-0.39, 0.29) is 34.9 Å². The molecule has 1 aliphatic carbocycles. The van der Waals surface area contributed by atoms with Crippen molar-refractivity contribution in [1.29, 1.82) is 0 Å². The van der Waals surface area contributed by atoms with Crippen LogP contribution in [0, 0.1) is 0 Å². The normalized spacial score (nSPS) is 42.7. The first-order valence-electron chi connectivity index (χ1n) is 6.44.